The molecule has 1 aromatic carbocycles. The number of hydrogen-bond donors (Lipinski definition) is 1. The van der Waals surface area contributed by atoms with Gasteiger partial charge in [-0.05, 0) is 12.1 Å². The van der Waals surface area contributed by atoms with Crippen LogP contribution < -0.4 is 0 Å². The predicted octanol–water partition coefficient (Wildman–Crippen LogP) is 0.150. The van der Waals surface area contributed by atoms with Crippen LogP contribution in [0.3, 0.4) is 0 Å². The van der Waals surface area contributed by atoms with Crippen LogP contribution in [0.2, 0.25) is 0 Å². The Morgan fingerprint density at radius 2 is 2.00 bits per heavy atom. The lowest BCUT2D eigenvalue weighted by atomic mass is 10.1. The zero-order valence-electron chi connectivity index (χ0n) is 12.4. The van der Waals surface area contributed by atoms with E-state index in [1.165, 1.54) is 37.2 Å². The van der Waals surface area contributed by atoms with Crippen molar-refractivity contribution in [3.8, 4) is 0 Å². The van der Waals surface area contributed by atoms with E-state index in [0.717, 1.165) is 4.31 Å². The van der Waals surface area contributed by atoms with Crippen molar-refractivity contribution in [2.24, 2.45) is 5.92 Å². The first kappa shape index (κ1) is 16.9. The van der Waals surface area contributed by atoms with Gasteiger partial charge in [0.1, 0.15) is 5.82 Å². The van der Waals surface area contributed by atoms with Crippen LogP contribution >= 0.6 is 0 Å². The Balaban J connectivity index is 2.11. The van der Waals surface area contributed by atoms with Crippen LogP contribution in [-0.4, -0.2) is 67.7 Å². The van der Waals surface area contributed by atoms with Gasteiger partial charge >= 0.3 is 0 Å². The number of amides is 1. The van der Waals surface area contributed by atoms with E-state index in [1.54, 1.807) is 6.07 Å². The summed E-state index contributed by atoms with van der Waals surface area (Å²) in [6, 6.07) is 5.59. The Hall–Kier alpha value is -1.51. The van der Waals surface area contributed by atoms with E-state index in [1.807, 2.05) is 0 Å². The molecule has 1 aliphatic heterocycles. The van der Waals surface area contributed by atoms with Gasteiger partial charge < -0.3 is 10.0 Å². The molecule has 0 bridgehead atoms. The molecular formula is C14H19FN2O4S. The number of halogens is 1. The van der Waals surface area contributed by atoms with Crippen molar-refractivity contribution >= 4 is 15.9 Å². The molecule has 0 saturated carbocycles. The van der Waals surface area contributed by atoms with Gasteiger partial charge in [0.05, 0.1) is 17.4 Å². The molecule has 2 atom stereocenters. The molecule has 22 heavy (non-hydrogen) atoms. The Morgan fingerprint density at radius 1 is 1.36 bits per heavy atom. The highest BCUT2D eigenvalue weighted by molar-refractivity contribution is 7.89. The summed E-state index contributed by atoms with van der Waals surface area (Å²) in [6.45, 7) is 0.0855. The molecule has 1 N–H and O–H groups in total. The highest BCUT2D eigenvalue weighted by atomic mass is 32.2. The summed E-state index contributed by atoms with van der Waals surface area (Å²) in [7, 11) is -0.644. The maximum Gasteiger partial charge on any atom is 0.256 e. The van der Waals surface area contributed by atoms with Crippen molar-refractivity contribution in [2.45, 2.75) is 6.10 Å². The summed E-state index contributed by atoms with van der Waals surface area (Å²) >= 11 is 0. The van der Waals surface area contributed by atoms with Crippen molar-refractivity contribution in [2.75, 3.05) is 32.9 Å². The van der Waals surface area contributed by atoms with E-state index in [0.29, 0.717) is 0 Å². The van der Waals surface area contributed by atoms with E-state index >= 15 is 0 Å². The van der Waals surface area contributed by atoms with Crippen molar-refractivity contribution in [3.63, 3.8) is 0 Å². The van der Waals surface area contributed by atoms with Gasteiger partial charge in [-0.15, -0.1) is 0 Å². The molecule has 122 valence electrons. The fourth-order valence-corrected chi connectivity index (χ4v) is 3.58. The van der Waals surface area contributed by atoms with Crippen molar-refractivity contribution in [1.29, 1.82) is 0 Å². The topological polar surface area (TPSA) is 77.9 Å². The molecule has 2 unspecified atom stereocenters. The minimum atomic E-state index is -3.48. The molecule has 0 radical (unpaired) electrons. The van der Waals surface area contributed by atoms with Crippen LogP contribution in [0.25, 0.3) is 0 Å². The van der Waals surface area contributed by atoms with E-state index in [-0.39, 0.29) is 24.4 Å². The molecular weight excluding hydrogens is 311 g/mol. The summed E-state index contributed by atoms with van der Waals surface area (Å²) in [5, 5.41) is 10.00. The Bertz CT molecular complexity index is 663. The molecule has 0 spiro atoms. The molecule has 1 saturated heterocycles. The highest BCUT2D eigenvalue weighted by Crippen LogP contribution is 2.22. The summed E-state index contributed by atoms with van der Waals surface area (Å²) in [5.74, 6) is -2.00. The number of aliphatic hydroxyl groups excluding tert-OH is 1. The Kier molecular flexibility index (Phi) is 4.84. The first-order chi connectivity index (χ1) is 10.2. The molecule has 0 aromatic heterocycles. The molecule has 1 aromatic rings. The summed E-state index contributed by atoms with van der Waals surface area (Å²) in [5.41, 5.74) is -0.0779. The van der Waals surface area contributed by atoms with Gasteiger partial charge in [-0.25, -0.2) is 17.1 Å². The number of sulfonamides is 1. The SMILES string of the molecule is CN(C)S(=O)(=O)CC1CN(C(=O)c2ccccc2F)CC1O. The third-order valence-corrected chi connectivity index (χ3v) is 5.74. The Morgan fingerprint density at radius 3 is 2.59 bits per heavy atom. The lowest BCUT2D eigenvalue weighted by molar-refractivity contribution is 0.0760. The summed E-state index contributed by atoms with van der Waals surface area (Å²) in [6.07, 6.45) is -0.939. The second kappa shape index (κ2) is 6.31. The third kappa shape index (κ3) is 3.45. The lowest BCUT2D eigenvalue weighted by Crippen LogP contribution is -2.33. The van der Waals surface area contributed by atoms with Gasteiger partial charge in [-0.2, -0.15) is 0 Å². The molecule has 1 fully saturated rings. The predicted molar refractivity (Wildman–Crippen MR) is 79.3 cm³/mol. The van der Waals surface area contributed by atoms with Crippen LogP contribution in [0.5, 0.6) is 0 Å². The molecule has 1 heterocycles. The average molecular weight is 330 g/mol. The molecule has 8 heteroatoms. The molecule has 1 amide bonds. The fraction of sp³-hybridized carbons (Fsp3) is 0.500. The van der Waals surface area contributed by atoms with Crippen LogP contribution in [0, 0.1) is 11.7 Å². The molecule has 0 aliphatic carbocycles. The summed E-state index contributed by atoms with van der Waals surface area (Å²) in [4.78, 5) is 13.6. The maximum atomic E-state index is 13.7. The number of carbonyl (C=O) groups is 1. The Labute approximate surface area is 129 Å². The number of aliphatic hydroxyl groups is 1. The van der Waals surface area contributed by atoms with E-state index in [2.05, 4.69) is 0 Å². The minimum absolute atomic E-state index is 0.000777. The molecule has 6 nitrogen and oxygen atoms in total. The number of nitrogens with zero attached hydrogens (tertiary/aromatic N) is 2. The van der Waals surface area contributed by atoms with Crippen LogP contribution in [0.1, 0.15) is 10.4 Å². The number of carbonyl (C=O) groups excluding carboxylic acids is 1. The monoisotopic (exact) mass is 330 g/mol. The van der Waals surface area contributed by atoms with Gasteiger partial charge in [0.2, 0.25) is 10.0 Å². The molecule has 1 aliphatic rings. The minimum Gasteiger partial charge on any atom is -0.391 e. The van der Waals surface area contributed by atoms with Gasteiger partial charge in [-0.1, -0.05) is 12.1 Å². The summed E-state index contributed by atoms with van der Waals surface area (Å²) < 4.78 is 38.5. The van der Waals surface area contributed by atoms with Gasteiger partial charge in [-0.3, -0.25) is 4.79 Å². The zero-order chi connectivity index (χ0) is 16.5. The fourth-order valence-electron chi connectivity index (χ4n) is 2.41. The second-order valence-corrected chi connectivity index (χ2v) is 7.81. The highest BCUT2D eigenvalue weighted by Gasteiger charge is 2.38. The number of benzene rings is 1. The van der Waals surface area contributed by atoms with Gasteiger partial charge in [0, 0.05) is 33.1 Å². The molecule has 2 rings (SSSR count). The largest absolute Gasteiger partial charge is 0.391 e. The average Bonchev–Trinajstić information content (AvgIpc) is 2.79. The number of rotatable bonds is 4. The van der Waals surface area contributed by atoms with Crippen LogP contribution in [0.4, 0.5) is 4.39 Å². The van der Waals surface area contributed by atoms with Crippen LogP contribution in [0.15, 0.2) is 24.3 Å². The number of likely N-dealkylation sites (tertiary alicyclic amines) is 1. The van der Waals surface area contributed by atoms with E-state index in [9.17, 15) is 22.7 Å². The van der Waals surface area contributed by atoms with E-state index < -0.39 is 33.8 Å². The van der Waals surface area contributed by atoms with Crippen molar-refractivity contribution < 1.29 is 22.7 Å². The third-order valence-electron chi connectivity index (χ3n) is 3.78. The van der Waals surface area contributed by atoms with Gasteiger partial charge in [0.25, 0.3) is 5.91 Å². The zero-order valence-corrected chi connectivity index (χ0v) is 13.3. The first-order valence-corrected chi connectivity index (χ1v) is 8.45. The number of β-amino-alcohol motifs (C(OH)–C–C–N with tert-alkyl or cyclic N) is 1. The smallest absolute Gasteiger partial charge is 0.256 e. The van der Waals surface area contributed by atoms with Crippen molar-refractivity contribution in [3.05, 3.63) is 35.6 Å². The lowest BCUT2D eigenvalue weighted by Gasteiger charge is -2.18. The van der Waals surface area contributed by atoms with Crippen LogP contribution in [-0.2, 0) is 10.0 Å². The standard InChI is InChI=1S/C14H19FN2O4S/c1-16(2)22(20,21)9-10-7-17(8-13(10)18)14(19)11-5-3-4-6-12(11)15/h3-6,10,13,18H,7-9H2,1-2H3. The quantitative estimate of drug-likeness (QED) is 0.852. The normalized spacial score (nSPS) is 22.3. The van der Waals surface area contributed by atoms with Crippen molar-refractivity contribution in [1.82, 2.24) is 9.21 Å². The second-order valence-electron chi connectivity index (χ2n) is 5.58. The maximum absolute atomic E-state index is 13.7. The van der Waals surface area contributed by atoms with Gasteiger partial charge in [0.15, 0.2) is 0 Å². The van der Waals surface area contributed by atoms with E-state index in [4.69, 9.17) is 0 Å². The first-order valence-electron chi connectivity index (χ1n) is 6.84. The number of hydrogen-bond acceptors (Lipinski definition) is 4.